The first-order valence-corrected chi connectivity index (χ1v) is 9.64. The molecule has 0 saturated carbocycles. The van der Waals surface area contributed by atoms with Gasteiger partial charge in [-0.3, -0.25) is 4.79 Å². The third-order valence-electron chi connectivity index (χ3n) is 4.43. The van der Waals surface area contributed by atoms with Crippen molar-refractivity contribution in [1.29, 1.82) is 0 Å². The minimum Gasteiger partial charge on any atom is -0.482 e. The number of rotatable bonds is 6. The van der Waals surface area contributed by atoms with Gasteiger partial charge in [0.1, 0.15) is 11.6 Å². The van der Waals surface area contributed by atoms with E-state index in [2.05, 4.69) is 10.5 Å². The molecule has 0 bridgehead atoms. The van der Waals surface area contributed by atoms with Gasteiger partial charge in [0.2, 0.25) is 0 Å². The molecule has 1 fully saturated rings. The van der Waals surface area contributed by atoms with Crippen molar-refractivity contribution in [2.24, 2.45) is 5.10 Å². The molecule has 148 valence electrons. The molecule has 1 heterocycles. The second-order valence-electron chi connectivity index (χ2n) is 6.51. The Hall–Kier alpha value is -2.31. The summed E-state index contributed by atoms with van der Waals surface area (Å²) in [5.74, 6) is -0.407. The number of hydrogen-bond donors (Lipinski definition) is 1. The molecule has 28 heavy (non-hydrogen) atoms. The number of nitrogens with zero attached hydrogens (tertiary/aromatic N) is 2. The van der Waals surface area contributed by atoms with E-state index in [0.29, 0.717) is 27.0 Å². The van der Waals surface area contributed by atoms with Crippen molar-refractivity contribution in [2.75, 3.05) is 24.6 Å². The summed E-state index contributed by atoms with van der Waals surface area (Å²) >= 11 is 11.8. The van der Waals surface area contributed by atoms with Gasteiger partial charge in [-0.15, -0.1) is 0 Å². The van der Waals surface area contributed by atoms with Crippen LogP contribution >= 0.6 is 23.2 Å². The van der Waals surface area contributed by atoms with Crippen molar-refractivity contribution in [3.05, 3.63) is 57.3 Å². The van der Waals surface area contributed by atoms with Crippen molar-refractivity contribution in [3.8, 4) is 5.75 Å². The molecule has 3 rings (SSSR count). The Bertz CT molecular complexity index is 899. The third-order valence-corrected chi connectivity index (χ3v) is 4.96. The average molecular weight is 424 g/mol. The number of carbonyl (C=O) groups excluding carboxylic acids is 1. The average Bonchev–Trinajstić information content (AvgIpc) is 3.18. The number of halogens is 3. The van der Waals surface area contributed by atoms with Crippen LogP contribution in [0.5, 0.6) is 5.75 Å². The number of ether oxygens (including phenoxy) is 1. The molecule has 0 aliphatic carbocycles. The number of anilines is 1. The first kappa shape index (κ1) is 20.4. The largest absolute Gasteiger partial charge is 0.482 e. The summed E-state index contributed by atoms with van der Waals surface area (Å²) in [5, 5.41) is 4.67. The van der Waals surface area contributed by atoms with Gasteiger partial charge in [0.15, 0.2) is 6.61 Å². The number of hydrogen-bond acceptors (Lipinski definition) is 4. The topological polar surface area (TPSA) is 53.9 Å². The Morgan fingerprint density at radius 1 is 1.29 bits per heavy atom. The predicted molar refractivity (Wildman–Crippen MR) is 110 cm³/mol. The zero-order valence-corrected chi connectivity index (χ0v) is 16.9. The molecule has 2 aromatic carbocycles. The number of benzene rings is 2. The lowest BCUT2D eigenvalue weighted by Crippen LogP contribution is -2.24. The highest BCUT2D eigenvalue weighted by atomic mass is 35.5. The molecule has 1 amide bonds. The number of amides is 1. The Morgan fingerprint density at radius 3 is 2.75 bits per heavy atom. The normalized spacial score (nSPS) is 13.9. The zero-order chi connectivity index (χ0) is 20.1. The minimum absolute atomic E-state index is 0.264. The second kappa shape index (κ2) is 9.26. The Balaban J connectivity index is 1.56. The summed E-state index contributed by atoms with van der Waals surface area (Å²) in [6.07, 6.45) is 3.58. The van der Waals surface area contributed by atoms with Crippen molar-refractivity contribution < 1.29 is 13.9 Å². The maximum absolute atomic E-state index is 14.4. The van der Waals surface area contributed by atoms with E-state index in [9.17, 15) is 9.18 Å². The maximum Gasteiger partial charge on any atom is 0.277 e. The van der Waals surface area contributed by atoms with E-state index in [1.807, 2.05) is 17.9 Å². The first-order chi connectivity index (χ1) is 13.4. The van der Waals surface area contributed by atoms with Crippen molar-refractivity contribution >= 4 is 41.0 Å². The van der Waals surface area contributed by atoms with Crippen LogP contribution in [0, 0.1) is 12.7 Å². The van der Waals surface area contributed by atoms with Crippen molar-refractivity contribution in [1.82, 2.24) is 5.43 Å². The minimum atomic E-state index is -0.464. The Labute approximate surface area is 173 Å². The van der Waals surface area contributed by atoms with Gasteiger partial charge < -0.3 is 9.64 Å². The number of aryl methyl sites for hydroxylation is 1. The van der Waals surface area contributed by atoms with E-state index in [-0.39, 0.29) is 12.4 Å². The van der Waals surface area contributed by atoms with Gasteiger partial charge in [-0.05, 0) is 55.7 Å². The van der Waals surface area contributed by atoms with Gasteiger partial charge in [0.25, 0.3) is 5.91 Å². The molecular weight excluding hydrogens is 404 g/mol. The van der Waals surface area contributed by atoms with E-state index in [1.54, 1.807) is 12.1 Å². The van der Waals surface area contributed by atoms with E-state index in [4.69, 9.17) is 27.9 Å². The lowest BCUT2D eigenvalue weighted by molar-refractivity contribution is -0.123. The molecule has 0 unspecified atom stereocenters. The molecule has 1 saturated heterocycles. The van der Waals surface area contributed by atoms with Gasteiger partial charge in [0.05, 0.1) is 16.9 Å². The summed E-state index contributed by atoms with van der Waals surface area (Å²) in [7, 11) is 0. The van der Waals surface area contributed by atoms with Gasteiger partial charge >= 0.3 is 0 Å². The van der Waals surface area contributed by atoms with Crippen molar-refractivity contribution in [3.63, 3.8) is 0 Å². The summed E-state index contributed by atoms with van der Waals surface area (Å²) in [5.41, 5.74) is 4.45. The lowest BCUT2D eigenvalue weighted by Gasteiger charge is -2.19. The number of nitrogens with one attached hydrogen (secondary N) is 1. The highest BCUT2D eigenvalue weighted by molar-refractivity contribution is 6.35. The molecule has 1 aliphatic heterocycles. The van der Waals surface area contributed by atoms with Crippen LogP contribution in [-0.4, -0.2) is 31.8 Å². The monoisotopic (exact) mass is 423 g/mol. The van der Waals surface area contributed by atoms with Gasteiger partial charge in [-0.1, -0.05) is 23.2 Å². The molecule has 1 N–H and O–H groups in total. The highest BCUT2D eigenvalue weighted by Gasteiger charge is 2.17. The molecule has 0 aromatic heterocycles. The van der Waals surface area contributed by atoms with Crippen LogP contribution in [0.2, 0.25) is 10.0 Å². The maximum atomic E-state index is 14.4. The third kappa shape index (κ3) is 5.14. The van der Waals surface area contributed by atoms with Gasteiger partial charge in [-0.2, -0.15) is 5.10 Å². The smallest absolute Gasteiger partial charge is 0.277 e. The quantitative estimate of drug-likeness (QED) is 0.546. The van der Waals surface area contributed by atoms with Crippen LogP contribution in [0.15, 0.2) is 35.4 Å². The number of carbonyl (C=O) groups is 1. The zero-order valence-electron chi connectivity index (χ0n) is 15.3. The highest BCUT2D eigenvalue weighted by Crippen LogP contribution is 2.28. The summed E-state index contributed by atoms with van der Waals surface area (Å²) in [4.78, 5) is 13.9. The van der Waals surface area contributed by atoms with Crippen LogP contribution in [0.4, 0.5) is 10.1 Å². The van der Waals surface area contributed by atoms with Gasteiger partial charge in [-0.25, -0.2) is 9.82 Å². The van der Waals surface area contributed by atoms with Gasteiger partial charge in [0, 0.05) is 23.7 Å². The van der Waals surface area contributed by atoms with Crippen molar-refractivity contribution in [2.45, 2.75) is 19.8 Å². The van der Waals surface area contributed by atoms with E-state index in [1.165, 1.54) is 18.3 Å². The molecule has 0 radical (unpaired) electrons. The fourth-order valence-electron chi connectivity index (χ4n) is 2.96. The molecular formula is C20H20Cl2FN3O2. The van der Waals surface area contributed by atoms with Crippen LogP contribution in [0.25, 0.3) is 0 Å². The van der Waals surface area contributed by atoms with E-state index >= 15 is 0 Å². The fraction of sp³-hybridized carbons (Fsp3) is 0.300. The van der Waals surface area contributed by atoms with Crippen LogP contribution in [-0.2, 0) is 4.79 Å². The molecule has 1 aliphatic rings. The summed E-state index contributed by atoms with van der Waals surface area (Å²) in [6.45, 7) is 3.36. The van der Waals surface area contributed by atoms with E-state index in [0.717, 1.165) is 31.5 Å². The molecule has 5 nitrogen and oxygen atoms in total. The standard InChI is InChI=1S/C20H20Cl2FN3O2/c1-13-8-18(26-6-2-3-7-26)17(23)9-14(13)11-24-25-20(27)12-28-19-5-4-15(21)10-16(19)22/h4-5,8-11H,2-3,6-7,12H2,1H3,(H,25,27)/b24-11+. The SMILES string of the molecule is Cc1cc(N2CCCC2)c(F)cc1/C=N/NC(=O)COc1ccc(Cl)cc1Cl. The summed E-state index contributed by atoms with van der Waals surface area (Å²) in [6, 6.07) is 7.97. The Kier molecular flexibility index (Phi) is 6.75. The molecule has 0 atom stereocenters. The molecule has 0 spiro atoms. The molecule has 2 aromatic rings. The second-order valence-corrected chi connectivity index (χ2v) is 7.35. The number of hydrazone groups is 1. The molecule has 8 heteroatoms. The lowest BCUT2D eigenvalue weighted by atomic mass is 10.1. The predicted octanol–water partition coefficient (Wildman–Crippen LogP) is 4.57. The summed E-state index contributed by atoms with van der Waals surface area (Å²) < 4.78 is 19.7. The fourth-order valence-corrected chi connectivity index (χ4v) is 3.43. The first-order valence-electron chi connectivity index (χ1n) is 8.89. The van der Waals surface area contributed by atoms with Crippen LogP contribution < -0.4 is 15.1 Å². The van der Waals surface area contributed by atoms with Crippen LogP contribution in [0.1, 0.15) is 24.0 Å². The Morgan fingerprint density at radius 2 is 2.04 bits per heavy atom. The van der Waals surface area contributed by atoms with E-state index < -0.39 is 5.91 Å². The van der Waals surface area contributed by atoms with Crippen LogP contribution in [0.3, 0.4) is 0 Å².